The zero-order chi connectivity index (χ0) is 14.4. The number of benzene rings is 1. The average molecular weight is 309 g/mol. The van der Waals surface area contributed by atoms with Crippen LogP contribution in [-0.4, -0.2) is 25.0 Å². The Hall–Kier alpha value is -0.870. The highest BCUT2D eigenvalue weighted by Crippen LogP contribution is 2.17. The van der Waals surface area contributed by atoms with Crippen LogP contribution in [-0.2, 0) is 6.42 Å². The van der Waals surface area contributed by atoms with Crippen LogP contribution in [0.5, 0.6) is 0 Å². The highest BCUT2D eigenvalue weighted by atomic mass is 35.5. The van der Waals surface area contributed by atoms with Crippen LogP contribution < -0.4 is 5.73 Å². The van der Waals surface area contributed by atoms with Gasteiger partial charge in [0.1, 0.15) is 0 Å². The van der Waals surface area contributed by atoms with Gasteiger partial charge < -0.3 is 10.6 Å². The summed E-state index contributed by atoms with van der Waals surface area (Å²) in [5.41, 5.74) is 7.37. The molecule has 2 nitrogen and oxygen atoms in total. The van der Waals surface area contributed by atoms with Gasteiger partial charge in [-0.3, -0.25) is 0 Å². The third kappa shape index (κ3) is 4.91. The Bertz CT molecular complexity index is 496. The molecule has 0 spiro atoms. The van der Waals surface area contributed by atoms with E-state index in [9.17, 15) is 0 Å². The third-order valence-corrected chi connectivity index (χ3v) is 4.63. The van der Waals surface area contributed by atoms with Gasteiger partial charge in [-0.05, 0) is 55.6 Å². The molecule has 0 saturated heterocycles. The van der Waals surface area contributed by atoms with E-state index in [1.165, 1.54) is 4.88 Å². The monoisotopic (exact) mass is 308 g/mol. The van der Waals surface area contributed by atoms with Crippen LogP contribution in [0.2, 0.25) is 5.02 Å². The molecule has 2 N–H and O–H groups in total. The van der Waals surface area contributed by atoms with Crippen molar-refractivity contribution in [3.8, 4) is 0 Å². The Kier molecular flexibility index (Phi) is 6.05. The molecule has 1 aromatic carbocycles. The summed E-state index contributed by atoms with van der Waals surface area (Å²) < 4.78 is 0. The van der Waals surface area contributed by atoms with Crippen LogP contribution in [0.3, 0.4) is 0 Å². The van der Waals surface area contributed by atoms with Crippen molar-refractivity contribution >= 4 is 22.9 Å². The molecule has 1 unspecified atom stereocenters. The van der Waals surface area contributed by atoms with E-state index in [1.807, 2.05) is 35.6 Å². The van der Waals surface area contributed by atoms with Gasteiger partial charge in [0.05, 0.1) is 0 Å². The molecule has 20 heavy (non-hydrogen) atoms. The quantitative estimate of drug-likeness (QED) is 0.838. The largest absolute Gasteiger partial charge is 0.324 e. The first-order chi connectivity index (χ1) is 9.65. The van der Waals surface area contributed by atoms with Gasteiger partial charge in [-0.25, -0.2) is 0 Å². The maximum atomic E-state index is 6.22. The Balaban J connectivity index is 1.72. The van der Waals surface area contributed by atoms with Crippen molar-refractivity contribution in [3.05, 3.63) is 57.2 Å². The first-order valence-corrected chi connectivity index (χ1v) is 8.13. The number of hydrogen-bond acceptors (Lipinski definition) is 3. The van der Waals surface area contributed by atoms with Gasteiger partial charge in [-0.1, -0.05) is 29.8 Å². The standard InChI is InChI=1S/C16H21ClN2S/c1-19(10-8-15-3-2-12-20-15)11-9-16(18)13-4-6-14(17)7-5-13/h2-7,12,16H,8-11,18H2,1H3. The summed E-state index contributed by atoms with van der Waals surface area (Å²) in [6, 6.07) is 12.2. The Morgan fingerprint density at radius 3 is 2.60 bits per heavy atom. The second-order valence-corrected chi connectivity index (χ2v) is 6.55. The molecular weight excluding hydrogens is 288 g/mol. The van der Waals surface area contributed by atoms with Crippen molar-refractivity contribution in [3.63, 3.8) is 0 Å². The van der Waals surface area contributed by atoms with Gasteiger partial charge in [0, 0.05) is 22.5 Å². The van der Waals surface area contributed by atoms with E-state index in [0.717, 1.165) is 36.5 Å². The van der Waals surface area contributed by atoms with Gasteiger partial charge in [0.15, 0.2) is 0 Å². The van der Waals surface area contributed by atoms with E-state index < -0.39 is 0 Å². The molecule has 1 heterocycles. The van der Waals surface area contributed by atoms with Crippen molar-refractivity contribution in [1.82, 2.24) is 4.90 Å². The van der Waals surface area contributed by atoms with Crippen LogP contribution >= 0.6 is 22.9 Å². The lowest BCUT2D eigenvalue weighted by atomic mass is 10.0. The maximum absolute atomic E-state index is 6.22. The Morgan fingerprint density at radius 2 is 1.95 bits per heavy atom. The minimum atomic E-state index is 0.0801. The fourth-order valence-corrected chi connectivity index (χ4v) is 2.93. The van der Waals surface area contributed by atoms with E-state index in [1.54, 1.807) is 0 Å². The zero-order valence-corrected chi connectivity index (χ0v) is 13.3. The molecule has 108 valence electrons. The molecule has 0 aliphatic heterocycles. The summed E-state index contributed by atoms with van der Waals surface area (Å²) >= 11 is 7.71. The van der Waals surface area contributed by atoms with Crippen LogP contribution in [0.25, 0.3) is 0 Å². The molecule has 1 aromatic heterocycles. The molecule has 2 aromatic rings. The minimum absolute atomic E-state index is 0.0801. The van der Waals surface area contributed by atoms with E-state index in [-0.39, 0.29) is 6.04 Å². The van der Waals surface area contributed by atoms with Crippen LogP contribution in [0.1, 0.15) is 22.9 Å². The molecule has 0 bridgehead atoms. The number of hydrogen-bond donors (Lipinski definition) is 1. The highest BCUT2D eigenvalue weighted by Gasteiger charge is 2.08. The molecule has 1 atom stereocenters. The van der Waals surface area contributed by atoms with Gasteiger partial charge >= 0.3 is 0 Å². The lowest BCUT2D eigenvalue weighted by Crippen LogP contribution is -2.25. The molecule has 0 saturated carbocycles. The van der Waals surface area contributed by atoms with Crippen LogP contribution in [0.15, 0.2) is 41.8 Å². The summed E-state index contributed by atoms with van der Waals surface area (Å²) in [5, 5.41) is 2.89. The lowest BCUT2D eigenvalue weighted by molar-refractivity contribution is 0.323. The number of thiophene rings is 1. The summed E-state index contributed by atoms with van der Waals surface area (Å²) in [6.45, 7) is 2.09. The molecule has 0 radical (unpaired) electrons. The van der Waals surface area contributed by atoms with Crippen LogP contribution in [0, 0.1) is 0 Å². The SMILES string of the molecule is CN(CCc1cccs1)CCC(N)c1ccc(Cl)cc1. The van der Waals surface area contributed by atoms with Gasteiger partial charge in [-0.2, -0.15) is 0 Å². The molecule has 2 rings (SSSR count). The maximum Gasteiger partial charge on any atom is 0.0406 e. The molecule has 0 aliphatic carbocycles. The average Bonchev–Trinajstić information content (AvgIpc) is 2.96. The molecule has 0 aliphatic rings. The zero-order valence-electron chi connectivity index (χ0n) is 11.8. The van der Waals surface area contributed by atoms with E-state index in [4.69, 9.17) is 17.3 Å². The third-order valence-electron chi connectivity index (χ3n) is 3.44. The van der Waals surface area contributed by atoms with E-state index in [2.05, 4.69) is 29.5 Å². The Labute approximate surface area is 130 Å². The fraction of sp³-hybridized carbons (Fsp3) is 0.375. The normalized spacial score (nSPS) is 12.8. The summed E-state index contributed by atoms with van der Waals surface area (Å²) in [7, 11) is 2.15. The minimum Gasteiger partial charge on any atom is -0.324 e. The van der Waals surface area contributed by atoms with Crippen LogP contribution in [0.4, 0.5) is 0 Å². The smallest absolute Gasteiger partial charge is 0.0406 e. The number of nitrogens with two attached hydrogens (primary N) is 1. The van der Waals surface area contributed by atoms with E-state index >= 15 is 0 Å². The van der Waals surface area contributed by atoms with Crippen molar-refractivity contribution in [2.24, 2.45) is 5.73 Å². The number of rotatable bonds is 7. The number of halogens is 1. The molecule has 0 fully saturated rings. The van der Waals surface area contributed by atoms with Crippen molar-refractivity contribution in [2.75, 3.05) is 20.1 Å². The lowest BCUT2D eigenvalue weighted by Gasteiger charge is -2.19. The van der Waals surface area contributed by atoms with Gasteiger partial charge in [0.25, 0.3) is 0 Å². The molecule has 0 amide bonds. The number of likely N-dealkylation sites (N-methyl/N-ethyl adjacent to an activating group) is 1. The second-order valence-electron chi connectivity index (χ2n) is 5.08. The summed E-state index contributed by atoms with van der Waals surface area (Å²) in [6.07, 6.45) is 2.08. The van der Waals surface area contributed by atoms with Crippen molar-refractivity contribution in [2.45, 2.75) is 18.9 Å². The predicted molar refractivity (Wildman–Crippen MR) is 88.5 cm³/mol. The highest BCUT2D eigenvalue weighted by molar-refractivity contribution is 7.09. The first kappa shape index (κ1) is 15.5. The van der Waals surface area contributed by atoms with E-state index in [0.29, 0.717) is 0 Å². The first-order valence-electron chi connectivity index (χ1n) is 6.87. The topological polar surface area (TPSA) is 29.3 Å². The van der Waals surface area contributed by atoms with Gasteiger partial charge in [0.2, 0.25) is 0 Å². The predicted octanol–water partition coefficient (Wildman–Crippen LogP) is 3.97. The summed E-state index contributed by atoms with van der Waals surface area (Å²) in [4.78, 5) is 3.79. The number of nitrogens with zero attached hydrogens (tertiary/aromatic N) is 1. The van der Waals surface area contributed by atoms with Crippen molar-refractivity contribution < 1.29 is 0 Å². The molecular formula is C16H21ClN2S. The fourth-order valence-electron chi connectivity index (χ4n) is 2.10. The van der Waals surface area contributed by atoms with Gasteiger partial charge in [-0.15, -0.1) is 11.3 Å². The van der Waals surface area contributed by atoms with Crippen molar-refractivity contribution in [1.29, 1.82) is 0 Å². The summed E-state index contributed by atoms with van der Waals surface area (Å²) in [5.74, 6) is 0. The Morgan fingerprint density at radius 1 is 1.20 bits per heavy atom. The second kappa shape index (κ2) is 7.79. The molecule has 4 heteroatoms.